The molecule has 0 aliphatic rings. The molecule has 0 saturated carbocycles. The predicted octanol–water partition coefficient (Wildman–Crippen LogP) is 3.05. The number of nitrogens with one attached hydrogen (secondary N) is 2. The molecule has 0 heterocycles. The van der Waals surface area contributed by atoms with Crippen LogP contribution in [0.15, 0.2) is 47.5 Å². The predicted molar refractivity (Wildman–Crippen MR) is 105 cm³/mol. The van der Waals surface area contributed by atoms with Crippen molar-refractivity contribution in [1.29, 1.82) is 0 Å². The second-order valence-corrected chi connectivity index (χ2v) is 6.47. The van der Waals surface area contributed by atoms with Crippen LogP contribution in [0.3, 0.4) is 0 Å². The van der Waals surface area contributed by atoms with E-state index in [1.54, 1.807) is 7.05 Å². The number of hydrogen-bond donors (Lipinski definition) is 3. The van der Waals surface area contributed by atoms with Crippen LogP contribution in [0, 0.1) is 20.8 Å². The van der Waals surface area contributed by atoms with Crippen molar-refractivity contribution in [2.75, 3.05) is 20.2 Å². The highest BCUT2D eigenvalue weighted by Gasteiger charge is 2.11. The van der Waals surface area contributed by atoms with E-state index in [-0.39, 0.29) is 12.5 Å². The van der Waals surface area contributed by atoms with Crippen molar-refractivity contribution >= 4 is 5.96 Å². The molecule has 2 aromatic carbocycles. The maximum Gasteiger partial charge on any atom is 0.191 e. The van der Waals surface area contributed by atoms with Crippen LogP contribution >= 0.6 is 0 Å². The van der Waals surface area contributed by atoms with Crippen LogP contribution < -0.4 is 10.6 Å². The Hall–Kier alpha value is -2.33. The van der Waals surface area contributed by atoms with E-state index in [0.717, 1.165) is 18.1 Å². The van der Waals surface area contributed by atoms with Crippen molar-refractivity contribution in [3.63, 3.8) is 0 Å². The first-order valence-corrected chi connectivity index (χ1v) is 8.72. The summed E-state index contributed by atoms with van der Waals surface area (Å²) in [5.41, 5.74) is 6.29. The van der Waals surface area contributed by atoms with E-state index in [1.165, 1.54) is 22.3 Å². The van der Waals surface area contributed by atoms with Crippen molar-refractivity contribution in [1.82, 2.24) is 10.6 Å². The van der Waals surface area contributed by atoms with Gasteiger partial charge in [0.05, 0.1) is 6.61 Å². The molecule has 0 spiro atoms. The molecule has 1 atom stereocenters. The summed E-state index contributed by atoms with van der Waals surface area (Å²) in [6, 6.07) is 14.5. The zero-order valence-corrected chi connectivity index (χ0v) is 15.6. The highest BCUT2D eigenvalue weighted by Crippen LogP contribution is 2.16. The molecule has 4 nitrogen and oxygen atoms in total. The smallest absolute Gasteiger partial charge is 0.191 e. The summed E-state index contributed by atoms with van der Waals surface area (Å²) >= 11 is 0. The van der Waals surface area contributed by atoms with Gasteiger partial charge in [0.25, 0.3) is 0 Å². The highest BCUT2D eigenvalue weighted by atomic mass is 16.3. The Morgan fingerprint density at radius 2 is 1.68 bits per heavy atom. The van der Waals surface area contributed by atoms with Gasteiger partial charge in [-0.2, -0.15) is 0 Å². The van der Waals surface area contributed by atoms with Crippen LogP contribution in [-0.2, 0) is 6.54 Å². The van der Waals surface area contributed by atoms with Gasteiger partial charge in [-0.15, -0.1) is 0 Å². The van der Waals surface area contributed by atoms with Crippen LogP contribution in [0.1, 0.15) is 33.7 Å². The van der Waals surface area contributed by atoms with E-state index in [4.69, 9.17) is 0 Å². The molecular formula is C21H29N3O. The van der Waals surface area contributed by atoms with Gasteiger partial charge < -0.3 is 15.7 Å². The highest BCUT2D eigenvalue weighted by molar-refractivity contribution is 5.79. The van der Waals surface area contributed by atoms with Gasteiger partial charge in [-0.1, -0.05) is 48.0 Å². The Morgan fingerprint density at radius 3 is 2.24 bits per heavy atom. The molecule has 4 heteroatoms. The lowest BCUT2D eigenvalue weighted by Gasteiger charge is -2.19. The van der Waals surface area contributed by atoms with E-state index in [1.807, 2.05) is 30.3 Å². The average molecular weight is 339 g/mol. The fourth-order valence-corrected chi connectivity index (χ4v) is 3.11. The Morgan fingerprint density at radius 1 is 1.04 bits per heavy atom. The molecule has 3 N–H and O–H groups in total. The van der Waals surface area contributed by atoms with Gasteiger partial charge in [0, 0.05) is 26.1 Å². The molecule has 1 unspecified atom stereocenters. The maximum atomic E-state index is 9.67. The molecule has 0 aromatic heterocycles. The molecule has 134 valence electrons. The van der Waals surface area contributed by atoms with Gasteiger partial charge in [-0.25, -0.2) is 0 Å². The molecule has 0 saturated heterocycles. The van der Waals surface area contributed by atoms with Crippen molar-refractivity contribution < 1.29 is 5.11 Å². The minimum atomic E-state index is 0.0441. The molecule has 2 aromatic rings. The monoisotopic (exact) mass is 339 g/mol. The number of aliphatic hydroxyl groups is 1. The standard InChI is InChI=1S/C21H29N3O/c1-15-10-16(2)20(17(3)11-15)13-24-21(22-4)23-12-19(14-25)18-8-6-5-7-9-18/h5-11,19,25H,12-14H2,1-4H3,(H2,22,23,24). The van der Waals surface area contributed by atoms with E-state index in [0.29, 0.717) is 6.54 Å². The summed E-state index contributed by atoms with van der Waals surface area (Å²) < 4.78 is 0. The molecule has 25 heavy (non-hydrogen) atoms. The first kappa shape index (κ1) is 19.0. The largest absolute Gasteiger partial charge is 0.396 e. The number of aliphatic imine (C=N–C) groups is 1. The molecule has 0 fully saturated rings. The first-order valence-electron chi connectivity index (χ1n) is 8.72. The SMILES string of the molecule is CN=C(NCc1c(C)cc(C)cc1C)NCC(CO)c1ccccc1. The number of nitrogens with zero attached hydrogens (tertiary/aromatic N) is 1. The first-order chi connectivity index (χ1) is 12.0. The van der Waals surface area contributed by atoms with E-state index in [9.17, 15) is 5.11 Å². The van der Waals surface area contributed by atoms with Crippen LogP contribution in [-0.4, -0.2) is 31.3 Å². The molecule has 0 amide bonds. The van der Waals surface area contributed by atoms with E-state index in [2.05, 4.69) is 48.5 Å². The van der Waals surface area contributed by atoms with Crippen LogP contribution in [0.5, 0.6) is 0 Å². The quantitative estimate of drug-likeness (QED) is 0.560. The summed E-state index contributed by atoms with van der Waals surface area (Å²) in [5.74, 6) is 0.788. The van der Waals surface area contributed by atoms with Crippen molar-refractivity contribution in [2.24, 2.45) is 4.99 Å². The van der Waals surface area contributed by atoms with Crippen molar-refractivity contribution in [3.05, 3.63) is 70.3 Å². The second kappa shape index (κ2) is 9.23. The van der Waals surface area contributed by atoms with Crippen LogP contribution in [0.2, 0.25) is 0 Å². The summed E-state index contributed by atoms with van der Waals surface area (Å²) in [6.07, 6.45) is 0. The van der Waals surface area contributed by atoms with E-state index < -0.39 is 0 Å². The number of rotatable bonds is 6. The van der Waals surface area contributed by atoms with Gasteiger partial charge in [0.2, 0.25) is 0 Å². The Labute approximate surface area is 151 Å². The molecule has 0 aliphatic heterocycles. The zero-order valence-electron chi connectivity index (χ0n) is 15.6. The molecule has 0 aliphatic carbocycles. The number of hydrogen-bond acceptors (Lipinski definition) is 2. The average Bonchev–Trinajstić information content (AvgIpc) is 2.60. The van der Waals surface area contributed by atoms with Gasteiger partial charge >= 0.3 is 0 Å². The lowest BCUT2D eigenvalue weighted by atomic mass is 10.00. The molecular weight excluding hydrogens is 310 g/mol. The zero-order chi connectivity index (χ0) is 18.2. The maximum absolute atomic E-state index is 9.67. The van der Waals surface area contributed by atoms with Crippen LogP contribution in [0.25, 0.3) is 0 Å². The summed E-state index contributed by atoms with van der Waals surface area (Å²) in [6.45, 7) is 7.87. The fourth-order valence-electron chi connectivity index (χ4n) is 3.11. The van der Waals surface area contributed by atoms with E-state index >= 15 is 0 Å². The topological polar surface area (TPSA) is 56.7 Å². The van der Waals surface area contributed by atoms with Crippen molar-refractivity contribution in [3.8, 4) is 0 Å². The third kappa shape index (κ3) is 5.33. The Kier molecular flexibility index (Phi) is 7.02. The minimum absolute atomic E-state index is 0.0441. The Balaban J connectivity index is 1.95. The summed E-state index contributed by atoms with van der Waals surface area (Å²) in [5, 5.41) is 16.4. The second-order valence-electron chi connectivity index (χ2n) is 6.47. The van der Waals surface area contributed by atoms with Gasteiger partial charge in [-0.3, -0.25) is 4.99 Å². The summed E-state index contributed by atoms with van der Waals surface area (Å²) in [4.78, 5) is 4.29. The van der Waals surface area contributed by atoms with Gasteiger partial charge in [0.1, 0.15) is 0 Å². The Bertz CT molecular complexity index is 687. The lowest BCUT2D eigenvalue weighted by molar-refractivity contribution is 0.265. The lowest BCUT2D eigenvalue weighted by Crippen LogP contribution is -2.39. The van der Waals surface area contributed by atoms with Crippen LogP contribution in [0.4, 0.5) is 0 Å². The number of aliphatic hydroxyl groups excluding tert-OH is 1. The normalized spacial score (nSPS) is 12.8. The third-order valence-electron chi connectivity index (χ3n) is 4.50. The van der Waals surface area contributed by atoms with Crippen molar-refractivity contribution in [2.45, 2.75) is 33.2 Å². The summed E-state index contributed by atoms with van der Waals surface area (Å²) in [7, 11) is 1.76. The number of guanidine groups is 1. The molecule has 0 bridgehead atoms. The number of benzene rings is 2. The molecule has 0 radical (unpaired) electrons. The molecule has 2 rings (SSSR count). The number of aryl methyl sites for hydroxylation is 3. The van der Waals surface area contributed by atoms with Gasteiger partial charge in [0.15, 0.2) is 5.96 Å². The fraction of sp³-hybridized carbons (Fsp3) is 0.381. The minimum Gasteiger partial charge on any atom is -0.396 e. The van der Waals surface area contributed by atoms with Gasteiger partial charge in [-0.05, 0) is 43.0 Å². The third-order valence-corrected chi connectivity index (χ3v) is 4.50.